The average Bonchev–Trinajstić information content (AvgIpc) is 2.21. The van der Waals surface area contributed by atoms with Crippen molar-refractivity contribution in [1.29, 1.82) is 0 Å². The summed E-state index contributed by atoms with van der Waals surface area (Å²) in [5.41, 5.74) is 8.29. The summed E-state index contributed by atoms with van der Waals surface area (Å²) in [6.07, 6.45) is 5.16. The molecule has 2 rings (SSSR count). The van der Waals surface area contributed by atoms with Gasteiger partial charge in [-0.25, -0.2) is 0 Å². The second-order valence-electron chi connectivity index (χ2n) is 5.71. The van der Waals surface area contributed by atoms with E-state index in [-0.39, 0.29) is 0 Å². The summed E-state index contributed by atoms with van der Waals surface area (Å²) in [6, 6.07) is 8.66. The van der Waals surface area contributed by atoms with Gasteiger partial charge in [0.1, 0.15) is 0 Å². The van der Waals surface area contributed by atoms with Crippen LogP contribution in [0.2, 0.25) is 0 Å². The predicted molar refractivity (Wildman–Crippen MR) is 70.5 cm³/mol. The fourth-order valence-corrected chi connectivity index (χ4v) is 2.41. The summed E-state index contributed by atoms with van der Waals surface area (Å²) >= 11 is 0. The van der Waals surface area contributed by atoms with E-state index in [9.17, 15) is 0 Å². The molecule has 0 aliphatic heterocycles. The zero-order chi connectivity index (χ0) is 11.6. The topological polar surface area (TPSA) is 38.0 Å². The summed E-state index contributed by atoms with van der Waals surface area (Å²) in [6.45, 7) is 4.73. The maximum Gasteiger partial charge on any atom is 0.0362 e. The van der Waals surface area contributed by atoms with Crippen LogP contribution in [0.15, 0.2) is 24.3 Å². The number of anilines is 2. The Morgan fingerprint density at radius 1 is 1.25 bits per heavy atom. The van der Waals surface area contributed by atoms with Crippen LogP contribution in [0.4, 0.5) is 11.4 Å². The van der Waals surface area contributed by atoms with Crippen LogP contribution in [0.25, 0.3) is 0 Å². The molecule has 1 aromatic rings. The molecule has 0 bridgehead atoms. The van der Waals surface area contributed by atoms with Crippen LogP contribution in [0, 0.1) is 5.41 Å². The molecule has 1 aliphatic rings. The van der Waals surface area contributed by atoms with Crippen molar-refractivity contribution in [2.24, 2.45) is 5.41 Å². The molecule has 0 aromatic heterocycles. The van der Waals surface area contributed by atoms with E-state index in [2.05, 4.69) is 25.2 Å². The molecule has 2 heteroatoms. The fourth-order valence-electron chi connectivity index (χ4n) is 2.41. The van der Waals surface area contributed by atoms with Gasteiger partial charge in [-0.3, -0.25) is 0 Å². The maximum atomic E-state index is 5.77. The molecule has 0 heterocycles. The van der Waals surface area contributed by atoms with Crippen LogP contribution in [0.5, 0.6) is 0 Å². The van der Waals surface area contributed by atoms with E-state index in [4.69, 9.17) is 5.73 Å². The maximum absolute atomic E-state index is 5.77. The number of nitrogen functional groups attached to an aromatic ring is 1. The summed E-state index contributed by atoms with van der Waals surface area (Å²) in [5, 5.41) is 3.58. The molecule has 88 valence electrons. The average molecular weight is 218 g/mol. The first kappa shape index (κ1) is 11.3. The first-order valence-electron chi connectivity index (χ1n) is 6.17. The number of nitrogens with two attached hydrogens (primary N) is 1. The Morgan fingerprint density at radius 3 is 2.56 bits per heavy atom. The fraction of sp³-hybridized carbons (Fsp3) is 0.571. The van der Waals surface area contributed by atoms with Gasteiger partial charge >= 0.3 is 0 Å². The van der Waals surface area contributed by atoms with Crippen molar-refractivity contribution >= 4 is 11.4 Å². The van der Waals surface area contributed by atoms with Gasteiger partial charge in [-0.05, 0) is 49.3 Å². The van der Waals surface area contributed by atoms with Crippen molar-refractivity contribution in [2.75, 3.05) is 11.1 Å². The first-order chi connectivity index (χ1) is 7.55. The lowest BCUT2D eigenvalue weighted by Crippen LogP contribution is -2.29. The molecule has 0 radical (unpaired) electrons. The van der Waals surface area contributed by atoms with Crippen molar-refractivity contribution in [1.82, 2.24) is 0 Å². The van der Waals surface area contributed by atoms with Crippen molar-refractivity contribution in [3.05, 3.63) is 24.3 Å². The van der Waals surface area contributed by atoms with Gasteiger partial charge in [-0.15, -0.1) is 0 Å². The second-order valence-corrected chi connectivity index (χ2v) is 5.71. The lowest BCUT2D eigenvalue weighted by atomic mass is 9.75. The van der Waals surface area contributed by atoms with Crippen LogP contribution in [0.3, 0.4) is 0 Å². The number of rotatable bonds is 2. The highest BCUT2D eigenvalue weighted by molar-refractivity contribution is 5.54. The summed E-state index contributed by atoms with van der Waals surface area (Å²) < 4.78 is 0. The Bertz CT molecular complexity index is 348. The largest absolute Gasteiger partial charge is 0.399 e. The van der Waals surface area contributed by atoms with E-state index in [0.717, 1.165) is 11.4 Å². The smallest absolute Gasteiger partial charge is 0.0362 e. The minimum Gasteiger partial charge on any atom is -0.399 e. The Morgan fingerprint density at radius 2 is 1.94 bits per heavy atom. The summed E-state index contributed by atoms with van der Waals surface area (Å²) in [5.74, 6) is 0. The van der Waals surface area contributed by atoms with E-state index in [1.807, 2.05) is 18.2 Å². The van der Waals surface area contributed by atoms with Crippen molar-refractivity contribution in [3.63, 3.8) is 0 Å². The third-order valence-corrected chi connectivity index (χ3v) is 3.60. The third kappa shape index (κ3) is 2.91. The van der Waals surface area contributed by atoms with Gasteiger partial charge in [-0.1, -0.05) is 19.9 Å². The number of hydrogen-bond donors (Lipinski definition) is 2. The highest BCUT2D eigenvalue weighted by Gasteiger charge is 2.26. The number of nitrogens with one attached hydrogen (secondary N) is 1. The lowest BCUT2D eigenvalue weighted by molar-refractivity contribution is 0.232. The molecule has 0 spiro atoms. The normalized spacial score (nSPS) is 20.6. The third-order valence-electron chi connectivity index (χ3n) is 3.60. The number of hydrogen-bond acceptors (Lipinski definition) is 2. The molecule has 16 heavy (non-hydrogen) atoms. The second kappa shape index (κ2) is 4.36. The Hall–Kier alpha value is -1.18. The van der Waals surface area contributed by atoms with Crippen molar-refractivity contribution in [3.8, 4) is 0 Å². The van der Waals surface area contributed by atoms with Gasteiger partial charge in [0.2, 0.25) is 0 Å². The molecule has 1 aromatic carbocycles. The number of benzene rings is 1. The Labute approximate surface area is 98.2 Å². The van der Waals surface area contributed by atoms with Gasteiger partial charge in [-0.2, -0.15) is 0 Å². The van der Waals surface area contributed by atoms with E-state index in [1.54, 1.807) is 0 Å². The minimum absolute atomic E-state index is 0.536. The zero-order valence-corrected chi connectivity index (χ0v) is 10.3. The predicted octanol–water partition coefficient (Wildman–Crippen LogP) is 3.65. The van der Waals surface area contributed by atoms with E-state index < -0.39 is 0 Å². The van der Waals surface area contributed by atoms with Crippen LogP contribution >= 0.6 is 0 Å². The molecule has 0 unspecified atom stereocenters. The molecule has 1 aliphatic carbocycles. The van der Waals surface area contributed by atoms with Crippen molar-refractivity contribution in [2.45, 2.75) is 45.6 Å². The van der Waals surface area contributed by atoms with E-state index >= 15 is 0 Å². The quantitative estimate of drug-likeness (QED) is 0.744. The van der Waals surface area contributed by atoms with Crippen LogP contribution in [-0.2, 0) is 0 Å². The SMILES string of the molecule is CC1(C)CCC(Nc2cccc(N)c2)CC1. The highest BCUT2D eigenvalue weighted by atomic mass is 14.9. The van der Waals surface area contributed by atoms with Gasteiger partial charge in [0, 0.05) is 17.4 Å². The van der Waals surface area contributed by atoms with Crippen LogP contribution in [-0.4, -0.2) is 6.04 Å². The van der Waals surface area contributed by atoms with Gasteiger partial charge < -0.3 is 11.1 Å². The van der Waals surface area contributed by atoms with E-state index in [1.165, 1.54) is 25.7 Å². The Kier molecular flexibility index (Phi) is 3.08. The first-order valence-corrected chi connectivity index (χ1v) is 6.17. The van der Waals surface area contributed by atoms with Crippen LogP contribution in [0.1, 0.15) is 39.5 Å². The molecule has 2 nitrogen and oxygen atoms in total. The van der Waals surface area contributed by atoms with Gasteiger partial charge in [0.15, 0.2) is 0 Å². The molecular weight excluding hydrogens is 196 g/mol. The molecular formula is C14H22N2. The summed E-state index contributed by atoms with van der Waals surface area (Å²) in [4.78, 5) is 0. The van der Waals surface area contributed by atoms with Gasteiger partial charge in [0.05, 0.1) is 0 Å². The van der Waals surface area contributed by atoms with E-state index in [0.29, 0.717) is 11.5 Å². The minimum atomic E-state index is 0.536. The molecule has 1 fully saturated rings. The molecule has 0 atom stereocenters. The lowest BCUT2D eigenvalue weighted by Gasteiger charge is -2.35. The standard InChI is InChI=1S/C14H22N2/c1-14(2)8-6-12(7-9-14)16-13-5-3-4-11(15)10-13/h3-5,10,12,16H,6-9,15H2,1-2H3. The van der Waals surface area contributed by atoms with Gasteiger partial charge in [0.25, 0.3) is 0 Å². The Balaban J connectivity index is 1.92. The molecule has 0 amide bonds. The monoisotopic (exact) mass is 218 g/mol. The van der Waals surface area contributed by atoms with Crippen molar-refractivity contribution < 1.29 is 0 Å². The van der Waals surface area contributed by atoms with Crippen LogP contribution < -0.4 is 11.1 Å². The molecule has 0 saturated heterocycles. The highest BCUT2D eigenvalue weighted by Crippen LogP contribution is 2.36. The summed E-state index contributed by atoms with van der Waals surface area (Å²) in [7, 11) is 0. The molecule has 3 N–H and O–H groups in total. The molecule has 1 saturated carbocycles. The zero-order valence-electron chi connectivity index (χ0n) is 10.3.